The van der Waals surface area contributed by atoms with Crippen molar-refractivity contribution in [2.45, 2.75) is 16.3 Å². The van der Waals surface area contributed by atoms with E-state index in [1.165, 1.54) is 11.3 Å². The van der Waals surface area contributed by atoms with E-state index < -0.39 is 0 Å². The van der Waals surface area contributed by atoms with Crippen LogP contribution < -0.4 is 5.32 Å². The Kier molecular flexibility index (Phi) is 5.81. The van der Waals surface area contributed by atoms with Gasteiger partial charge in [-0.1, -0.05) is 53.7 Å². The maximum atomic E-state index is 12.7. The van der Waals surface area contributed by atoms with Crippen LogP contribution in [0.3, 0.4) is 0 Å². The van der Waals surface area contributed by atoms with Crippen LogP contribution in [0.25, 0.3) is 0 Å². The van der Waals surface area contributed by atoms with Crippen molar-refractivity contribution >= 4 is 46.3 Å². The van der Waals surface area contributed by atoms with Gasteiger partial charge in [0.15, 0.2) is 0 Å². The van der Waals surface area contributed by atoms with E-state index in [9.17, 15) is 4.79 Å². The fourth-order valence-electron chi connectivity index (χ4n) is 2.65. The Morgan fingerprint density at radius 2 is 1.93 bits per heavy atom. The second-order valence-electron chi connectivity index (χ2n) is 6.04. The lowest BCUT2D eigenvalue weighted by Crippen LogP contribution is -2.11. The van der Waals surface area contributed by atoms with Crippen LogP contribution in [-0.2, 0) is 6.54 Å². The number of carbonyl (C=O) groups is 1. The van der Waals surface area contributed by atoms with Crippen molar-refractivity contribution in [2.24, 2.45) is 0 Å². The van der Waals surface area contributed by atoms with Gasteiger partial charge in [0.25, 0.3) is 5.91 Å². The van der Waals surface area contributed by atoms with Crippen LogP contribution in [0.15, 0.2) is 88.2 Å². The third kappa shape index (κ3) is 4.65. The first-order chi connectivity index (χ1) is 13.7. The fourth-order valence-corrected chi connectivity index (χ4v) is 4.53. The molecule has 0 aliphatic rings. The van der Waals surface area contributed by atoms with Crippen LogP contribution in [-0.4, -0.2) is 15.7 Å². The van der Waals surface area contributed by atoms with Crippen LogP contribution in [0.4, 0.5) is 5.69 Å². The van der Waals surface area contributed by atoms with E-state index >= 15 is 0 Å². The lowest BCUT2D eigenvalue weighted by Gasteiger charge is -2.10. The quantitative estimate of drug-likeness (QED) is 0.409. The number of hydrogen-bond donors (Lipinski definition) is 1. The summed E-state index contributed by atoms with van der Waals surface area (Å²) in [5.74, 6) is -0.115. The van der Waals surface area contributed by atoms with Crippen LogP contribution in [0.2, 0.25) is 5.02 Å². The van der Waals surface area contributed by atoms with Gasteiger partial charge in [0, 0.05) is 16.0 Å². The lowest BCUT2D eigenvalue weighted by atomic mass is 10.3. The number of aromatic nitrogens is 2. The summed E-state index contributed by atoms with van der Waals surface area (Å²) < 4.78 is 1.75. The van der Waals surface area contributed by atoms with Crippen molar-refractivity contribution in [3.63, 3.8) is 0 Å². The molecule has 28 heavy (non-hydrogen) atoms. The highest BCUT2D eigenvalue weighted by Gasteiger charge is 2.13. The highest BCUT2D eigenvalue weighted by molar-refractivity contribution is 7.99. The zero-order valence-electron chi connectivity index (χ0n) is 14.7. The Bertz CT molecular complexity index is 1090. The van der Waals surface area contributed by atoms with E-state index in [2.05, 4.69) is 22.5 Å². The molecule has 2 aromatic heterocycles. The van der Waals surface area contributed by atoms with Gasteiger partial charge in [-0.05, 0) is 41.3 Å². The zero-order valence-corrected chi connectivity index (χ0v) is 17.1. The number of para-hydroxylation sites is 1. The molecular formula is C21H16ClN3OS2. The van der Waals surface area contributed by atoms with Crippen LogP contribution >= 0.6 is 34.7 Å². The Hall–Kier alpha value is -2.54. The van der Waals surface area contributed by atoms with Crippen molar-refractivity contribution < 1.29 is 4.79 Å². The monoisotopic (exact) mass is 425 g/mol. The Morgan fingerprint density at radius 3 is 2.71 bits per heavy atom. The third-order valence-corrected chi connectivity index (χ3v) is 6.19. The predicted octanol–water partition coefficient (Wildman–Crippen LogP) is 6.05. The van der Waals surface area contributed by atoms with Gasteiger partial charge in [-0.25, -0.2) is 0 Å². The second kappa shape index (κ2) is 8.65. The van der Waals surface area contributed by atoms with Crippen LogP contribution in [0.1, 0.15) is 15.2 Å². The third-order valence-electron chi connectivity index (χ3n) is 3.93. The molecule has 0 saturated carbocycles. The van der Waals surface area contributed by atoms with E-state index in [1.807, 2.05) is 53.9 Å². The van der Waals surface area contributed by atoms with Gasteiger partial charge < -0.3 is 5.32 Å². The normalized spacial score (nSPS) is 10.8. The molecule has 0 saturated heterocycles. The molecule has 0 aliphatic heterocycles. The molecule has 1 amide bonds. The first-order valence-corrected chi connectivity index (χ1v) is 10.6. The number of nitrogens with zero attached hydrogens (tertiary/aromatic N) is 2. The minimum absolute atomic E-state index is 0.115. The SMILES string of the molecule is O=C(Nc1ccccc1Sc1ccccc1)c1cc(Cn2cc(Cl)cn2)cs1. The molecular weight excluding hydrogens is 410 g/mol. The molecule has 2 aromatic carbocycles. The number of carbonyl (C=O) groups excluding carboxylic acids is 1. The number of hydrogen-bond acceptors (Lipinski definition) is 4. The smallest absolute Gasteiger partial charge is 0.265 e. The molecule has 0 radical (unpaired) electrons. The van der Waals surface area contributed by atoms with Gasteiger partial charge >= 0.3 is 0 Å². The fraction of sp³-hybridized carbons (Fsp3) is 0.0476. The molecule has 7 heteroatoms. The van der Waals surface area contributed by atoms with E-state index in [4.69, 9.17) is 11.6 Å². The number of nitrogens with one attached hydrogen (secondary N) is 1. The average Bonchev–Trinajstić information content (AvgIpc) is 3.33. The summed E-state index contributed by atoms with van der Waals surface area (Å²) in [5.41, 5.74) is 1.82. The summed E-state index contributed by atoms with van der Waals surface area (Å²) in [5, 5.41) is 9.77. The lowest BCUT2D eigenvalue weighted by molar-refractivity contribution is 0.103. The van der Waals surface area contributed by atoms with E-state index in [0.29, 0.717) is 16.4 Å². The van der Waals surface area contributed by atoms with Gasteiger partial charge in [-0.15, -0.1) is 11.3 Å². The van der Waals surface area contributed by atoms with Crippen LogP contribution in [0, 0.1) is 0 Å². The first-order valence-electron chi connectivity index (χ1n) is 8.56. The average molecular weight is 426 g/mol. The summed E-state index contributed by atoms with van der Waals surface area (Å²) in [7, 11) is 0. The molecule has 4 nitrogen and oxygen atoms in total. The van der Waals surface area contributed by atoms with Crippen molar-refractivity contribution in [1.82, 2.24) is 9.78 Å². The number of thiophene rings is 1. The minimum atomic E-state index is -0.115. The van der Waals surface area contributed by atoms with Gasteiger partial charge in [0.05, 0.1) is 28.3 Å². The van der Waals surface area contributed by atoms with Crippen molar-refractivity contribution in [3.8, 4) is 0 Å². The summed E-state index contributed by atoms with van der Waals surface area (Å²) >= 11 is 8.94. The van der Waals surface area contributed by atoms with Gasteiger partial charge in [0.2, 0.25) is 0 Å². The van der Waals surface area contributed by atoms with Gasteiger partial charge in [0.1, 0.15) is 0 Å². The summed E-state index contributed by atoms with van der Waals surface area (Å²) in [6.07, 6.45) is 3.36. The molecule has 140 valence electrons. The molecule has 0 fully saturated rings. The van der Waals surface area contributed by atoms with E-state index in [-0.39, 0.29) is 5.91 Å². The molecule has 4 aromatic rings. The van der Waals surface area contributed by atoms with E-state index in [0.717, 1.165) is 21.0 Å². The number of rotatable bonds is 6. The molecule has 0 bridgehead atoms. The molecule has 1 N–H and O–H groups in total. The number of benzene rings is 2. The minimum Gasteiger partial charge on any atom is -0.320 e. The van der Waals surface area contributed by atoms with Crippen LogP contribution in [0.5, 0.6) is 0 Å². The van der Waals surface area contributed by atoms with Gasteiger partial charge in [-0.3, -0.25) is 9.48 Å². The Balaban J connectivity index is 1.47. The number of amides is 1. The summed E-state index contributed by atoms with van der Waals surface area (Å²) in [4.78, 5) is 15.5. The highest BCUT2D eigenvalue weighted by atomic mass is 35.5. The van der Waals surface area contributed by atoms with Crippen molar-refractivity contribution in [3.05, 3.63) is 93.9 Å². The summed E-state index contributed by atoms with van der Waals surface area (Å²) in [6, 6.07) is 19.8. The van der Waals surface area contributed by atoms with Crippen molar-refractivity contribution in [1.29, 1.82) is 0 Å². The zero-order chi connectivity index (χ0) is 19.3. The second-order valence-corrected chi connectivity index (χ2v) is 8.50. The molecule has 0 aliphatic carbocycles. The Morgan fingerprint density at radius 1 is 1.14 bits per heavy atom. The first kappa shape index (κ1) is 18.8. The van der Waals surface area contributed by atoms with Gasteiger partial charge in [-0.2, -0.15) is 5.10 Å². The maximum absolute atomic E-state index is 12.7. The largest absolute Gasteiger partial charge is 0.320 e. The van der Waals surface area contributed by atoms with E-state index in [1.54, 1.807) is 28.8 Å². The highest BCUT2D eigenvalue weighted by Crippen LogP contribution is 2.33. The Labute approximate surface area is 176 Å². The predicted molar refractivity (Wildman–Crippen MR) is 116 cm³/mol. The molecule has 0 unspecified atom stereocenters. The standard InChI is InChI=1S/C21H16ClN3OS2/c22-16-11-23-25(13-16)12-15-10-20(27-14-15)21(26)24-18-8-4-5-9-19(18)28-17-6-2-1-3-7-17/h1-11,13-14H,12H2,(H,24,26). The number of halogens is 1. The summed E-state index contributed by atoms with van der Waals surface area (Å²) in [6.45, 7) is 0.580. The molecule has 4 rings (SSSR count). The molecule has 0 atom stereocenters. The van der Waals surface area contributed by atoms with Crippen molar-refractivity contribution in [2.75, 3.05) is 5.32 Å². The number of anilines is 1. The maximum Gasteiger partial charge on any atom is 0.265 e. The topological polar surface area (TPSA) is 46.9 Å². The molecule has 2 heterocycles. The molecule has 0 spiro atoms.